The van der Waals surface area contributed by atoms with E-state index in [1.165, 1.54) is 11.3 Å². The highest BCUT2D eigenvalue weighted by Gasteiger charge is 2.38. The molecule has 7 heteroatoms. The van der Waals surface area contributed by atoms with Gasteiger partial charge < -0.3 is 14.9 Å². The van der Waals surface area contributed by atoms with E-state index in [0.29, 0.717) is 10.9 Å². The summed E-state index contributed by atoms with van der Waals surface area (Å²) in [7, 11) is -1.91. The molecule has 1 rings (SSSR count). The van der Waals surface area contributed by atoms with E-state index < -0.39 is 20.5 Å². The third kappa shape index (κ3) is 4.77. The molecule has 1 atom stereocenters. The molecule has 0 saturated heterocycles. The second kappa shape index (κ2) is 6.47. The Morgan fingerprint density at radius 2 is 2.05 bits per heavy atom. The minimum atomic E-state index is -1.91. The molecule has 4 nitrogen and oxygen atoms in total. The second-order valence-corrected chi connectivity index (χ2v) is 12.7. The molecule has 0 aliphatic carbocycles. The fourth-order valence-electron chi connectivity index (χ4n) is 1.32. The Balaban J connectivity index is 2.79. The Bertz CT molecular complexity index is 470. The first-order chi connectivity index (χ1) is 9.03. The van der Waals surface area contributed by atoms with Gasteiger partial charge in [-0.1, -0.05) is 32.4 Å². The molecule has 0 bridgehead atoms. The molecule has 0 spiro atoms. The number of ether oxygens (including phenoxy) is 1. The molecule has 0 aliphatic heterocycles. The van der Waals surface area contributed by atoms with Crippen molar-refractivity contribution in [2.75, 3.05) is 6.61 Å². The van der Waals surface area contributed by atoms with E-state index in [4.69, 9.17) is 26.5 Å². The third-order valence-corrected chi connectivity index (χ3v) is 9.40. The van der Waals surface area contributed by atoms with Crippen molar-refractivity contribution in [1.29, 1.82) is 0 Å². The minimum Gasteiger partial charge on any atom is -0.438 e. The van der Waals surface area contributed by atoms with Gasteiger partial charge in [0.2, 0.25) is 0 Å². The smallest absolute Gasteiger partial charge is 0.405 e. The second-order valence-electron chi connectivity index (χ2n) is 6.14. The van der Waals surface area contributed by atoms with Crippen LogP contribution in [0.2, 0.25) is 22.5 Å². The third-order valence-electron chi connectivity index (χ3n) is 3.57. The molecule has 0 aliphatic rings. The number of thiophene rings is 1. The van der Waals surface area contributed by atoms with Gasteiger partial charge in [0.25, 0.3) is 0 Å². The van der Waals surface area contributed by atoms with Gasteiger partial charge in [-0.25, -0.2) is 4.79 Å². The molecule has 1 heterocycles. The summed E-state index contributed by atoms with van der Waals surface area (Å²) in [5.41, 5.74) is 5.13. The number of carbonyl (C=O) groups excluding carboxylic acids is 1. The maximum absolute atomic E-state index is 11.0. The zero-order chi connectivity index (χ0) is 15.6. The van der Waals surface area contributed by atoms with Gasteiger partial charge in [0.1, 0.15) is 0 Å². The summed E-state index contributed by atoms with van der Waals surface area (Å²) in [6.07, 6.45) is -1.31. The van der Waals surface area contributed by atoms with Crippen LogP contribution in [0.3, 0.4) is 0 Å². The van der Waals surface area contributed by atoms with Crippen LogP contribution < -0.4 is 5.73 Å². The summed E-state index contributed by atoms with van der Waals surface area (Å²) in [6.45, 7) is 11.1. The van der Waals surface area contributed by atoms with Crippen molar-refractivity contribution >= 4 is 37.3 Å². The lowest BCUT2D eigenvalue weighted by Gasteiger charge is -2.37. The molecule has 1 aromatic rings. The Hall–Kier alpha value is -0.563. The number of nitrogens with two attached hydrogens (primary N) is 1. The SMILES string of the molecule is CC(C)(C)[Si](C)(C)OCC(OC(N)=O)c1ccc(Cl)s1. The molecule has 0 aromatic carbocycles. The molecular weight excluding hydrogens is 314 g/mol. The van der Waals surface area contributed by atoms with Crippen molar-refractivity contribution in [2.45, 2.75) is 45.0 Å². The fraction of sp³-hybridized carbons (Fsp3) is 0.615. The van der Waals surface area contributed by atoms with Crippen molar-refractivity contribution in [3.05, 3.63) is 21.3 Å². The largest absolute Gasteiger partial charge is 0.438 e. The molecule has 0 saturated carbocycles. The highest BCUT2D eigenvalue weighted by Crippen LogP contribution is 2.38. The molecule has 1 amide bonds. The number of rotatable bonds is 5. The molecule has 2 N–H and O–H groups in total. The number of halogens is 1. The lowest BCUT2D eigenvalue weighted by atomic mass is 10.2. The molecule has 1 unspecified atom stereocenters. The van der Waals surface area contributed by atoms with Crippen LogP contribution in [0.15, 0.2) is 12.1 Å². The Labute approximate surface area is 130 Å². The average molecular weight is 336 g/mol. The number of primary amides is 1. The van der Waals surface area contributed by atoms with Crippen LogP contribution in [0.4, 0.5) is 4.79 Å². The highest BCUT2D eigenvalue weighted by atomic mass is 35.5. The molecule has 114 valence electrons. The van der Waals surface area contributed by atoms with Crippen LogP contribution in [0.1, 0.15) is 31.8 Å². The van der Waals surface area contributed by atoms with E-state index in [-0.39, 0.29) is 5.04 Å². The fourth-order valence-corrected chi connectivity index (χ4v) is 3.39. The lowest BCUT2D eigenvalue weighted by molar-refractivity contribution is 0.0688. The predicted octanol–water partition coefficient (Wildman–Crippen LogP) is 4.56. The van der Waals surface area contributed by atoms with Crippen molar-refractivity contribution < 1.29 is 14.0 Å². The molecule has 20 heavy (non-hydrogen) atoms. The van der Waals surface area contributed by atoms with Gasteiger partial charge in [-0.15, -0.1) is 11.3 Å². The maximum atomic E-state index is 11.0. The summed E-state index contributed by atoms with van der Waals surface area (Å²) in [4.78, 5) is 11.9. The number of hydrogen-bond acceptors (Lipinski definition) is 4. The van der Waals surface area contributed by atoms with Crippen LogP contribution in [-0.4, -0.2) is 21.0 Å². The Kier molecular flexibility index (Phi) is 5.66. The molecule has 0 fully saturated rings. The Morgan fingerprint density at radius 1 is 1.45 bits per heavy atom. The van der Waals surface area contributed by atoms with Crippen LogP contribution in [-0.2, 0) is 9.16 Å². The zero-order valence-corrected chi connectivity index (χ0v) is 15.1. The first-order valence-electron chi connectivity index (χ1n) is 6.38. The highest BCUT2D eigenvalue weighted by molar-refractivity contribution is 7.16. The summed E-state index contributed by atoms with van der Waals surface area (Å²) in [5.74, 6) is 0. The van der Waals surface area contributed by atoms with Crippen LogP contribution in [0.5, 0.6) is 0 Å². The first kappa shape index (κ1) is 17.5. The van der Waals surface area contributed by atoms with E-state index >= 15 is 0 Å². The van der Waals surface area contributed by atoms with Gasteiger partial charge >= 0.3 is 6.09 Å². The first-order valence-corrected chi connectivity index (χ1v) is 10.5. The summed E-state index contributed by atoms with van der Waals surface area (Å²) in [5, 5.41) is 0.0946. The van der Waals surface area contributed by atoms with Crippen molar-refractivity contribution in [2.24, 2.45) is 5.73 Å². The Morgan fingerprint density at radius 3 is 2.45 bits per heavy atom. The van der Waals surface area contributed by atoms with Crippen molar-refractivity contribution in [3.8, 4) is 0 Å². The van der Waals surface area contributed by atoms with E-state index in [1.54, 1.807) is 6.07 Å². The van der Waals surface area contributed by atoms with Crippen molar-refractivity contribution in [3.63, 3.8) is 0 Å². The quantitative estimate of drug-likeness (QED) is 0.802. The molecule has 1 aromatic heterocycles. The summed E-state index contributed by atoms with van der Waals surface area (Å²) >= 11 is 7.28. The van der Waals surface area contributed by atoms with Crippen molar-refractivity contribution in [1.82, 2.24) is 0 Å². The maximum Gasteiger partial charge on any atom is 0.405 e. The standard InChI is InChI=1S/C13H22ClNO3SSi/c1-13(2,3)20(4,5)17-8-9(18-12(15)16)10-6-7-11(14)19-10/h6-7,9H,8H2,1-5H3,(H2,15,16). The van der Waals surface area contributed by atoms with E-state index in [0.717, 1.165) is 4.88 Å². The zero-order valence-electron chi connectivity index (χ0n) is 12.5. The van der Waals surface area contributed by atoms with E-state index in [2.05, 4.69) is 33.9 Å². The average Bonchev–Trinajstić information content (AvgIpc) is 2.69. The van der Waals surface area contributed by atoms with Gasteiger partial charge in [-0.3, -0.25) is 0 Å². The number of amides is 1. The monoisotopic (exact) mass is 335 g/mol. The van der Waals surface area contributed by atoms with Crippen LogP contribution >= 0.6 is 22.9 Å². The minimum absolute atomic E-state index is 0.0946. The molecule has 0 radical (unpaired) electrons. The summed E-state index contributed by atoms with van der Waals surface area (Å²) < 4.78 is 11.9. The van der Waals surface area contributed by atoms with Gasteiger partial charge in [0.05, 0.1) is 10.9 Å². The lowest BCUT2D eigenvalue weighted by Crippen LogP contribution is -2.42. The topological polar surface area (TPSA) is 61.6 Å². The number of carbonyl (C=O) groups is 1. The van der Waals surface area contributed by atoms with Gasteiger partial charge in [0, 0.05) is 4.88 Å². The van der Waals surface area contributed by atoms with E-state index in [1.807, 2.05) is 6.07 Å². The van der Waals surface area contributed by atoms with Gasteiger partial charge in [-0.2, -0.15) is 0 Å². The van der Waals surface area contributed by atoms with E-state index in [9.17, 15) is 4.79 Å². The molecular formula is C13H22ClNO3SSi. The summed E-state index contributed by atoms with van der Waals surface area (Å²) in [6, 6.07) is 3.60. The van der Waals surface area contributed by atoms with Gasteiger partial charge in [-0.05, 0) is 30.3 Å². The van der Waals surface area contributed by atoms with Gasteiger partial charge in [0.15, 0.2) is 14.4 Å². The normalized spacial score (nSPS) is 14.1. The predicted molar refractivity (Wildman–Crippen MR) is 85.9 cm³/mol. The van der Waals surface area contributed by atoms with Crippen LogP contribution in [0, 0.1) is 0 Å². The number of hydrogen-bond donors (Lipinski definition) is 1. The van der Waals surface area contributed by atoms with Crippen LogP contribution in [0.25, 0.3) is 0 Å².